The topological polar surface area (TPSA) is 58.6 Å². The Morgan fingerprint density at radius 2 is 1.53 bits per heavy atom. The van der Waals surface area contributed by atoms with E-state index in [-0.39, 0.29) is 11.8 Å². The molecule has 3 aromatic rings. The molecule has 0 fully saturated rings. The maximum atomic E-state index is 13.6. The third kappa shape index (κ3) is 7.34. The predicted octanol–water partition coefficient (Wildman–Crippen LogP) is 4.57. The molecule has 0 heterocycles. The van der Waals surface area contributed by atoms with Crippen LogP contribution in [0.2, 0.25) is 0 Å². The summed E-state index contributed by atoms with van der Waals surface area (Å²) in [6.45, 7) is 4.37. The van der Waals surface area contributed by atoms with Crippen LogP contribution in [0.5, 0.6) is 5.75 Å². The zero-order valence-electron chi connectivity index (χ0n) is 19.7. The maximum Gasteiger partial charge on any atom is 0.243 e. The second kappa shape index (κ2) is 13.0. The largest absolute Gasteiger partial charge is 0.497 e. The maximum absolute atomic E-state index is 13.6. The quantitative estimate of drug-likeness (QED) is 0.406. The second-order valence-electron chi connectivity index (χ2n) is 8.09. The molecule has 0 bridgehead atoms. The first-order chi connectivity index (χ1) is 16.6. The van der Waals surface area contributed by atoms with Crippen LogP contribution in [0.1, 0.15) is 23.1 Å². The number of hydrogen-bond donors (Lipinski definition) is 1. The Balaban J connectivity index is 1.88. The zero-order valence-corrected chi connectivity index (χ0v) is 19.7. The van der Waals surface area contributed by atoms with E-state index in [1.54, 1.807) is 18.1 Å². The highest BCUT2D eigenvalue weighted by molar-refractivity contribution is 5.88. The van der Waals surface area contributed by atoms with Crippen LogP contribution in [-0.2, 0) is 29.0 Å². The van der Waals surface area contributed by atoms with Crippen LogP contribution in [0, 0.1) is 0 Å². The van der Waals surface area contributed by atoms with Gasteiger partial charge < -0.3 is 15.0 Å². The lowest BCUT2D eigenvalue weighted by Gasteiger charge is -2.31. The van der Waals surface area contributed by atoms with Gasteiger partial charge in [0, 0.05) is 25.9 Å². The lowest BCUT2D eigenvalue weighted by Crippen LogP contribution is -2.50. The second-order valence-corrected chi connectivity index (χ2v) is 8.09. The molecule has 0 saturated heterocycles. The first-order valence-electron chi connectivity index (χ1n) is 11.5. The van der Waals surface area contributed by atoms with Gasteiger partial charge in [0.25, 0.3) is 0 Å². The minimum absolute atomic E-state index is 0.0608. The van der Waals surface area contributed by atoms with Crippen molar-refractivity contribution >= 4 is 11.8 Å². The van der Waals surface area contributed by atoms with Crippen molar-refractivity contribution in [3.05, 3.63) is 114 Å². The SMILES string of the molecule is C=CCNC(=O)[C@H](Cc1ccccc1)N(Cc1ccc(OC)cc1)C(=O)CCc1ccccc1. The number of carbonyl (C=O) groups excluding carboxylic acids is 2. The lowest BCUT2D eigenvalue weighted by atomic mass is 10.0. The Morgan fingerprint density at radius 3 is 2.12 bits per heavy atom. The van der Waals surface area contributed by atoms with Crippen LogP contribution in [0.15, 0.2) is 97.6 Å². The number of amides is 2. The number of ether oxygens (including phenoxy) is 1. The average Bonchev–Trinajstić information content (AvgIpc) is 2.89. The first-order valence-corrected chi connectivity index (χ1v) is 11.5. The molecule has 5 heteroatoms. The fraction of sp³-hybridized carbons (Fsp3) is 0.241. The van der Waals surface area contributed by atoms with Gasteiger partial charge in [0.05, 0.1) is 7.11 Å². The van der Waals surface area contributed by atoms with Crippen molar-refractivity contribution in [3.8, 4) is 5.75 Å². The van der Waals surface area contributed by atoms with Gasteiger partial charge in [-0.3, -0.25) is 9.59 Å². The van der Waals surface area contributed by atoms with Gasteiger partial charge in [-0.2, -0.15) is 0 Å². The number of methoxy groups -OCH3 is 1. The zero-order chi connectivity index (χ0) is 24.2. The van der Waals surface area contributed by atoms with Gasteiger partial charge in [0.15, 0.2) is 0 Å². The molecule has 3 aromatic carbocycles. The Labute approximate surface area is 202 Å². The molecular weight excluding hydrogens is 424 g/mol. The fourth-order valence-electron chi connectivity index (χ4n) is 3.81. The smallest absolute Gasteiger partial charge is 0.243 e. The molecule has 0 radical (unpaired) electrons. The van der Waals surface area contributed by atoms with E-state index in [4.69, 9.17) is 4.74 Å². The Morgan fingerprint density at radius 1 is 0.912 bits per heavy atom. The molecule has 0 spiro atoms. The number of rotatable bonds is 12. The molecule has 0 aliphatic rings. The molecule has 176 valence electrons. The Kier molecular flexibility index (Phi) is 9.47. The molecule has 1 atom stereocenters. The predicted molar refractivity (Wildman–Crippen MR) is 135 cm³/mol. The third-order valence-electron chi connectivity index (χ3n) is 5.67. The number of benzene rings is 3. The molecule has 0 aliphatic carbocycles. The van der Waals surface area contributed by atoms with Crippen LogP contribution in [0.25, 0.3) is 0 Å². The molecule has 0 saturated carbocycles. The molecule has 2 amide bonds. The van der Waals surface area contributed by atoms with Crippen LogP contribution >= 0.6 is 0 Å². The normalized spacial score (nSPS) is 11.3. The summed E-state index contributed by atoms with van der Waals surface area (Å²) in [5, 5.41) is 2.89. The molecule has 0 unspecified atom stereocenters. The van der Waals surface area contributed by atoms with E-state index in [2.05, 4.69) is 11.9 Å². The van der Waals surface area contributed by atoms with Gasteiger partial charge >= 0.3 is 0 Å². The van der Waals surface area contributed by atoms with Crippen molar-refractivity contribution in [1.29, 1.82) is 0 Å². The standard InChI is InChI=1S/C29H32N2O3/c1-3-20-30-29(33)27(21-24-12-8-5-9-13-24)31(22-25-14-17-26(34-2)18-15-25)28(32)19-16-23-10-6-4-7-11-23/h3-15,17-18,27H,1,16,19-22H2,2H3,(H,30,33)/t27-/m0/s1. The monoisotopic (exact) mass is 456 g/mol. The highest BCUT2D eigenvalue weighted by Crippen LogP contribution is 2.19. The number of nitrogens with zero attached hydrogens (tertiary/aromatic N) is 1. The van der Waals surface area contributed by atoms with Crippen molar-refractivity contribution in [1.82, 2.24) is 10.2 Å². The third-order valence-corrected chi connectivity index (χ3v) is 5.67. The van der Waals surface area contributed by atoms with Crippen molar-refractivity contribution in [3.63, 3.8) is 0 Å². The van der Waals surface area contributed by atoms with Gasteiger partial charge in [-0.05, 0) is 35.2 Å². The fourth-order valence-corrected chi connectivity index (χ4v) is 3.81. The van der Waals surface area contributed by atoms with E-state index in [0.717, 1.165) is 22.4 Å². The van der Waals surface area contributed by atoms with Gasteiger partial charge in [-0.1, -0.05) is 78.9 Å². The highest BCUT2D eigenvalue weighted by Gasteiger charge is 2.30. The van der Waals surface area contributed by atoms with E-state index in [0.29, 0.717) is 32.4 Å². The summed E-state index contributed by atoms with van der Waals surface area (Å²) < 4.78 is 5.26. The summed E-state index contributed by atoms with van der Waals surface area (Å²) in [5.74, 6) is 0.495. The number of nitrogens with one attached hydrogen (secondary N) is 1. The Hall–Kier alpha value is -3.86. The average molecular weight is 457 g/mol. The number of carbonyl (C=O) groups is 2. The molecule has 34 heavy (non-hydrogen) atoms. The van der Waals surface area contributed by atoms with Crippen LogP contribution in [-0.4, -0.2) is 36.4 Å². The minimum Gasteiger partial charge on any atom is -0.497 e. The van der Waals surface area contributed by atoms with Crippen molar-refractivity contribution < 1.29 is 14.3 Å². The summed E-state index contributed by atoms with van der Waals surface area (Å²) in [5.41, 5.74) is 3.02. The lowest BCUT2D eigenvalue weighted by molar-refractivity contribution is -0.141. The summed E-state index contributed by atoms with van der Waals surface area (Å²) in [6.07, 6.45) is 3.00. The summed E-state index contributed by atoms with van der Waals surface area (Å²) in [4.78, 5) is 28.5. The van der Waals surface area contributed by atoms with Gasteiger partial charge in [-0.15, -0.1) is 6.58 Å². The molecular formula is C29H32N2O3. The Bertz CT molecular complexity index is 1050. The summed E-state index contributed by atoms with van der Waals surface area (Å²) in [6, 6.07) is 26.7. The van der Waals surface area contributed by atoms with E-state index < -0.39 is 6.04 Å². The van der Waals surface area contributed by atoms with Gasteiger partial charge in [-0.25, -0.2) is 0 Å². The van der Waals surface area contributed by atoms with Crippen molar-refractivity contribution in [2.24, 2.45) is 0 Å². The summed E-state index contributed by atoms with van der Waals surface area (Å²) >= 11 is 0. The first kappa shape index (κ1) is 24.8. The molecule has 0 aromatic heterocycles. The van der Waals surface area contributed by atoms with E-state index in [1.807, 2.05) is 84.9 Å². The number of aryl methyl sites for hydroxylation is 1. The van der Waals surface area contributed by atoms with Crippen LogP contribution < -0.4 is 10.1 Å². The number of hydrogen-bond acceptors (Lipinski definition) is 3. The van der Waals surface area contributed by atoms with E-state index >= 15 is 0 Å². The highest BCUT2D eigenvalue weighted by atomic mass is 16.5. The van der Waals surface area contributed by atoms with Crippen molar-refractivity contribution in [2.45, 2.75) is 31.8 Å². The van der Waals surface area contributed by atoms with Crippen LogP contribution in [0.3, 0.4) is 0 Å². The molecule has 0 aliphatic heterocycles. The van der Waals surface area contributed by atoms with E-state index in [9.17, 15) is 9.59 Å². The summed E-state index contributed by atoms with van der Waals surface area (Å²) in [7, 11) is 1.62. The molecule has 1 N–H and O–H groups in total. The van der Waals surface area contributed by atoms with Gasteiger partial charge in [0.1, 0.15) is 11.8 Å². The molecule has 5 nitrogen and oxygen atoms in total. The van der Waals surface area contributed by atoms with E-state index in [1.165, 1.54) is 0 Å². The molecule has 3 rings (SSSR count). The minimum atomic E-state index is -0.646. The van der Waals surface area contributed by atoms with Crippen molar-refractivity contribution in [2.75, 3.05) is 13.7 Å². The van der Waals surface area contributed by atoms with Gasteiger partial charge in [0.2, 0.25) is 11.8 Å². The van der Waals surface area contributed by atoms with Crippen LogP contribution in [0.4, 0.5) is 0 Å².